The van der Waals surface area contributed by atoms with Gasteiger partial charge in [0.2, 0.25) is 0 Å². The Morgan fingerprint density at radius 3 is 2.52 bits per heavy atom. The van der Waals surface area contributed by atoms with Crippen LogP contribution in [0.4, 0.5) is 8.78 Å². The number of halogens is 2. The fraction of sp³-hybridized carbons (Fsp3) is 0.231. The normalized spacial score (nSPS) is 13.7. The fourth-order valence-electron chi connectivity index (χ4n) is 3.43. The minimum Gasteiger partial charge on any atom is -0.345 e. The van der Waals surface area contributed by atoms with E-state index < -0.39 is 17.5 Å². The van der Waals surface area contributed by atoms with Gasteiger partial charge in [0, 0.05) is 24.7 Å². The SMILES string of the molecule is N=CC1=CC=C(CC(=N)C(=O)NCC(=NCCc2ccccc2)c2ccc(F)c(F)c2)CC1. The molecular weight excluding hydrogens is 422 g/mol. The average Bonchev–Trinajstić information content (AvgIpc) is 2.84. The third-order valence-electron chi connectivity index (χ3n) is 5.35. The lowest BCUT2D eigenvalue weighted by molar-refractivity contribution is -0.114. The third kappa shape index (κ3) is 7.14. The Morgan fingerprint density at radius 2 is 1.85 bits per heavy atom. The molecule has 1 aliphatic rings. The van der Waals surface area contributed by atoms with Crippen molar-refractivity contribution < 1.29 is 13.6 Å². The molecule has 0 aliphatic heterocycles. The molecule has 0 atom stereocenters. The molecule has 0 bridgehead atoms. The van der Waals surface area contributed by atoms with Crippen molar-refractivity contribution in [2.75, 3.05) is 13.1 Å². The lowest BCUT2D eigenvalue weighted by Gasteiger charge is -2.13. The van der Waals surface area contributed by atoms with Gasteiger partial charge in [0.25, 0.3) is 5.91 Å². The molecule has 0 saturated heterocycles. The van der Waals surface area contributed by atoms with Gasteiger partial charge in [-0.3, -0.25) is 15.2 Å². The number of carbonyl (C=O) groups is 1. The highest BCUT2D eigenvalue weighted by Crippen LogP contribution is 2.20. The monoisotopic (exact) mass is 448 g/mol. The standard InChI is InChI=1S/C26H26F2N4O/c27-22-11-10-21(15-23(22)28)25(31-13-12-18-4-2-1-3-5-18)17-32-26(33)24(30)14-19-6-8-20(16-29)9-7-19/h1-6,8,10-11,15-16,29-30H,7,9,12-14,17H2,(H,32,33). The maximum absolute atomic E-state index is 13.8. The van der Waals surface area contributed by atoms with Crippen molar-refractivity contribution in [3.8, 4) is 0 Å². The lowest BCUT2D eigenvalue weighted by atomic mass is 9.95. The van der Waals surface area contributed by atoms with E-state index in [2.05, 4.69) is 10.3 Å². The van der Waals surface area contributed by atoms with Crippen molar-refractivity contribution in [1.29, 1.82) is 10.8 Å². The Balaban J connectivity index is 1.65. The number of aliphatic imine (C=N–C) groups is 1. The number of rotatable bonds is 10. The molecule has 0 radical (unpaired) electrons. The zero-order valence-corrected chi connectivity index (χ0v) is 18.2. The summed E-state index contributed by atoms with van der Waals surface area (Å²) in [5.41, 5.74) is 3.68. The van der Waals surface area contributed by atoms with Crippen LogP contribution >= 0.6 is 0 Å². The highest BCUT2D eigenvalue weighted by molar-refractivity contribution is 6.38. The van der Waals surface area contributed by atoms with Crippen LogP contribution in [0.2, 0.25) is 0 Å². The maximum Gasteiger partial charge on any atom is 0.265 e. The highest BCUT2D eigenvalue weighted by Gasteiger charge is 2.15. The van der Waals surface area contributed by atoms with E-state index in [9.17, 15) is 13.6 Å². The number of nitrogens with one attached hydrogen (secondary N) is 3. The summed E-state index contributed by atoms with van der Waals surface area (Å²) in [6.07, 6.45) is 7.30. The van der Waals surface area contributed by atoms with E-state index in [1.54, 1.807) is 0 Å². The number of benzene rings is 2. The zero-order valence-electron chi connectivity index (χ0n) is 18.2. The Bertz CT molecular complexity index is 1120. The molecule has 0 unspecified atom stereocenters. The van der Waals surface area contributed by atoms with Crippen LogP contribution in [-0.4, -0.2) is 36.6 Å². The van der Waals surface area contributed by atoms with Crippen molar-refractivity contribution in [3.05, 3.63) is 94.6 Å². The van der Waals surface area contributed by atoms with Gasteiger partial charge in [0.15, 0.2) is 11.6 Å². The van der Waals surface area contributed by atoms with Crippen molar-refractivity contribution in [2.24, 2.45) is 4.99 Å². The van der Waals surface area contributed by atoms with Gasteiger partial charge in [0.1, 0.15) is 5.71 Å². The minimum atomic E-state index is -0.982. The van der Waals surface area contributed by atoms with Gasteiger partial charge in [0.05, 0.1) is 12.3 Å². The Morgan fingerprint density at radius 1 is 1.06 bits per heavy atom. The van der Waals surface area contributed by atoms with Crippen LogP contribution in [0.25, 0.3) is 0 Å². The molecule has 0 heterocycles. The summed E-state index contributed by atoms with van der Waals surface area (Å²) in [5, 5.41) is 18.1. The van der Waals surface area contributed by atoms with Crippen LogP contribution in [0.15, 0.2) is 76.8 Å². The van der Waals surface area contributed by atoms with E-state index in [1.165, 1.54) is 12.3 Å². The molecule has 170 valence electrons. The van der Waals surface area contributed by atoms with Crippen molar-refractivity contribution in [3.63, 3.8) is 0 Å². The molecule has 0 saturated carbocycles. The van der Waals surface area contributed by atoms with E-state index in [0.717, 1.165) is 35.3 Å². The first-order valence-electron chi connectivity index (χ1n) is 10.7. The topological polar surface area (TPSA) is 89.2 Å². The quantitative estimate of drug-likeness (QED) is 0.447. The molecule has 2 aromatic carbocycles. The number of carbonyl (C=O) groups excluding carboxylic acids is 1. The van der Waals surface area contributed by atoms with Gasteiger partial charge in [-0.05, 0) is 48.6 Å². The molecule has 7 heteroatoms. The van der Waals surface area contributed by atoms with E-state index in [-0.39, 0.29) is 18.7 Å². The summed E-state index contributed by atoms with van der Waals surface area (Å²) in [5.74, 6) is -2.46. The summed E-state index contributed by atoms with van der Waals surface area (Å²) in [6.45, 7) is 0.415. The first kappa shape index (κ1) is 23.9. The number of hydrogen-bond donors (Lipinski definition) is 3. The van der Waals surface area contributed by atoms with Gasteiger partial charge < -0.3 is 10.7 Å². The summed E-state index contributed by atoms with van der Waals surface area (Å²) in [7, 11) is 0. The summed E-state index contributed by atoms with van der Waals surface area (Å²) < 4.78 is 27.2. The van der Waals surface area contributed by atoms with Gasteiger partial charge >= 0.3 is 0 Å². The maximum atomic E-state index is 13.8. The van der Waals surface area contributed by atoms with Crippen molar-refractivity contribution in [2.45, 2.75) is 25.7 Å². The Hall–Kier alpha value is -3.74. The molecule has 3 rings (SSSR count). The smallest absolute Gasteiger partial charge is 0.265 e. The van der Waals surface area contributed by atoms with Gasteiger partial charge in [-0.15, -0.1) is 0 Å². The molecule has 0 aromatic heterocycles. The molecule has 1 aliphatic carbocycles. The van der Waals surface area contributed by atoms with Crippen molar-refractivity contribution in [1.82, 2.24) is 5.32 Å². The first-order chi connectivity index (χ1) is 16.0. The lowest BCUT2D eigenvalue weighted by Crippen LogP contribution is -2.35. The predicted octanol–water partition coefficient (Wildman–Crippen LogP) is 4.82. The Kier molecular flexibility index (Phi) is 8.52. The average molecular weight is 449 g/mol. The summed E-state index contributed by atoms with van der Waals surface area (Å²) in [6, 6.07) is 13.3. The van der Waals surface area contributed by atoms with Crippen LogP contribution in [0.1, 0.15) is 30.4 Å². The van der Waals surface area contributed by atoms with E-state index in [0.29, 0.717) is 30.7 Å². The molecule has 2 aromatic rings. The van der Waals surface area contributed by atoms with E-state index >= 15 is 0 Å². The third-order valence-corrected chi connectivity index (χ3v) is 5.35. The van der Waals surface area contributed by atoms with E-state index in [1.807, 2.05) is 42.5 Å². The second-order valence-electron chi connectivity index (χ2n) is 7.74. The van der Waals surface area contributed by atoms with Crippen LogP contribution in [0.5, 0.6) is 0 Å². The second-order valence-corrected chi connectivity index (χ2v) is 7.74. The van der Waals surface area contributed by atoms with Gasteiger partial charge in [-0.2, -0.15) is 0 Å². The minimum absolute atomic E-state index is 0.00201. The largest absolute Gasteiger partial charge is 0.345 e. The molecule has 3 N–H and O–H groups in total. The molecular formula is C26H26F2N4O. The van der Waals surface area contributed by atoms with Gasteiger partial charge in [-0.1, -0.05) is 48.1 Å². The Labute approximate surface area is 192 Å². The van der Waals surface area contributed by atoms with Crippen LogP contribution < -0.4 is 5.32 Å². The summed E-state index contributed by atoms with van der Waals surface area (Å²) in [4.78, 5) is 17.0. The van der Waals surface area contributed by atoms with E-state index in [4.69, 9.17) is 10.8 Å². The molecule has 0 fully saturated rings. The summed E-state index contributed by atoms with van der Waals surface area (Å²) >= 11 is 0. The first-order valence-corrected chi connectivity index (χ1v) is 10.7. The van der Waals surface area contributed by atoms with Crippen LogP contribution in [-0.2, 0) is 11.2 Å². The van der Waals surface area contributed by atoms with Crippen LogP contribution in [0.3, 0.4) is 0 Å². The predicted molar refractivity (Wildman–Crippen MR) is 127 cm³/mol. The number of nitrogens with zero attached hydrogens (tertiary/aromatic N) is 1. The molecule has 33 heavy (non-hydrogen) atoms. The number of amides is 1. The number of allylic oxidation sites excluding steroid dienone is 4. The van der Waals surface area contributed by atoms with Crippen molar-refractivity contribution >= 4 is 23.5 Å². The molecule has 0 spiro atoms. The number of hydrogen-bond acceptors (Lipinski definition) is 4. The molecule has 1 amide bonds. The molecule has 5 nitrogen and oxygen atoms in total. The van der Waals surface area contributed by atoms with Crippen LogP contribution in [0, 0.1) is 22.5 Å². The highest BCUT2D eigenvalue weighted by atomic mass is 19.2. The fourth-order valence-corrected chi connectivity index (χ4v) is 3.43. The second kappa shape index (κ2) is 11.8. The van der Waals surface area contributed by atoms with Gasteiger partial charge in [-0.25, -0.2) is 8.78 Å². The zero-order chi connectivity index (χ0) is 23.6.